The first-order valence-corrected chi connectivity index (χ1v) is 10.3. The van der Waals surface area contributed by atoms with Crippen LogP contribution in [0.15, 0.2) is 54.0 Å². The van der Waals surface area contributed by atoms with Gasteiger partial charge in [0, 0.05) is 11.5 Å². The number of rotatable bonds is 3. The number of nitrogens with zero attached hydrogens (tertiary/aromatic N) is 2. The van der Waals surface area contributed by atoms with Gasteiger partial charge in [-0.05, 0) is 40.2 Å². The van der Waals surface area contributed by atoms with Crippen molar-refractivity contribution in [2.45, 2.75) is 4.90 Å². The summed E-state index contributed by atoms with van der Waals surface area (Å²) in [4.78, 5) is 29.7. The maximum Gasteiger partial charge on any atom is 0.417 e. The molecule has 4 aromatic rings. The zero-order chi connectivity index (χ0) is 20.2. The first-order valence-electron chi connectivity index (χ1n) is 7.66. The Morgan fingerprint density at radius 1 is 1.29 bits per heavy atom. The van der Waals surface area contributed by atoms with Crippen LogP contribution in [0.5, 0.6) is 0 Å². The van der Waals surface area contributed by atoms with Crippen LogP contribution in [0.3, 0.4) is 0 Å². The second-order valence-electron chi connectivity index (χ2n) is 5.89. The molecule has 0 saturated carbocycles. The number of aromatic amines is 1. The molecule has 12 heteroatoms. The first kappa shape index (κ1) is 18.7. The number of benzene rings is 2. The van der Waals surface area contributed by atoms with E-state index in [9.17, 15) is 18.0 Å². The minimum atomic E-state index is -4.16. The molecule has 28 heavy (non-hydrogen) atoms. The summed E-state index contributed by atoms with van der Waals surface area (Å²) in [5, 5.41) is 0.102. The van der Waals surface area contributed by atoms with Gasteiger partial charge in [0.05, 0.1) is 28.4 Å². The van der Waals surface area contributed by atoms with Gasteiger partial charge in [0.2, 0.25) is 0 Å². The van der Waals surface area contributed by atoms with E-state index >= 15 is 0 Å². The zero-order valence-corrected chi connectivity index (χ0v) is 17.1. The highest BCUT2D eigenvalue weighted by molar-refractivity contribution is 9.10. The normalized spacial score (nSPS) is 12.0. The minimum Gasteiger partial charge on any atom is -0.406 e. The molecule has 0 radical (unpaired) electrons. The Labute approximate surface area is 170 Å². The average molecular weight is 486 g/mol. The number of fused-ring (bicyclic) bond motifs is 2. The Kier molecular flexibility index (Phi) is 4.32. The monoisotopic (exact) mass is 484 g/mol. The van der Waals surface area contributed by atoms with Crippen LogP contribution in [-0.2, 0) is 17.1 Å². The fraction of sp³-hybridized carbons (Fsp3) is 0.0625. The van der Waals surface area contributed by atoms with E-state index in [1.807, 2.05) is 0 Å². The molecule has 144 valence electrons. The lowest BCUT2D eigenvalue weighted by Crippen LogP contribution is -2.17. The van der Waals surface area contributed by atoms with Crippen molar-refractivity contribution in [3.63, 3.8) is 0 Å². The van der Waals surface area contributed by atoms with Crippen LogP contribution >= 0.6 is 27.5 Å². The highest BCUT2D eigenvalue weighted by Crippen LogP contribution is 2.36. The predicted octanol–water partition coefficient (Wildman–Crippen LogP) is 2.58. The largest absolute Gasteiger partial charge is 0.417 e. The van der Waals surface area contributed by atoms with Crippen molar-refractivity contribution < 1.29 is 12.8 Å². The van der Waals surface area contributed by atoms with E-state index in [2.05, 4.69) is 30.6 Å². The average Bonchev–Trinajstić information content (AvgIpc) is 2.98. The molecule has 0 fully saturated rings. The second-order valence-corrected chi connectivity index (χ2v) is 8.74. The number of halogens is 2. The number of nitrogens with one attached hydrogen (secondary N) is 2. The van der Waals surface area contributed by atoms with E-state index < -0.39 is 15.8 Å². The molecule has 2 aromatic carbocycles. The van der Waals surface area contributed by atoms with E-state index in [0.29, 0.717) is 10.9 Å². The standard InChI is InChI=1S/C16H10BrClN4O5S/c1-22-6-19-10-4-7(2-3-8(10)15(22)23)21-28(25,26)14-9(17)5-11-13(12(14)18)27-16(24)20-11/h2-6,21H,1H3,(H,20,24). The van der Waals surface area contributed by atoms with Gasteiger partial charge in [-0.25, -0.2) is 18.2 Å². The lowest BCUT2D eigenvalue weighted by molar-refractivity contribution is 0.554. The SMILES string of the molecule is Cn1cnc2cc(NS(=O)(=O)c3c(Br)cc4[nH]c(=O)oc4c3Cl)ccc2c1=O. The molecule has 2 N–H and O–H groups in total. The summed E-state index contributed by atoms with van der Waals surface area (Å²) in [6.07, 6.45) is 1.35. The van der Waals surface area contributed by atoms with Crippen LogP contribution in [0.1, 0.15) is 0 Å². The number of H-pyrrole nitrogens is 1. The van der Waals surface area contributed by atoms with Gasteiger partial charge in [0.1, 0.15) is 9.92 Å². The lowest BCUT2D eigenvalue weighted by atomic mass is 10.2. The Morgan fingerprint density at radius 2 is 2.04 bits per heavy atom. The van der Waals surface area contributed by atoms with E-state index in [4.69, 9.17) is 16.0 Å². The van der Waals surface area contributed by atoms with Gasteiger partial charge in [0.15, 0.2) is 5.58 Å². The molecule has 0 aliphatic heterocycles. The smallest absolute Gasteiger partial charge is 0.406 e. The van der Waals surface area contributed by atoms with Crippen LogP contribution in [-0.4, -0.2) is 23.0 Å². The summed E-state index contributed by atoms with van der Waals surface area (Å²) in [6.45, 7) is 0. The zero-order valence-electron chi connectivity index (χ0n) is 14.0. The molecule has 2 aromatic heterocycles. The Balaban J connectivity index is 1.83. The molecule has 0 aliphatic rings. The van der Waals surface area contributed by atoms with Crippen molar-refractivity contribution in [3.05, 3.63) is 61.0 Å². The van der Waals surface area contributed by atoms with Gasteiger partial charge in [-0.15, -0.1) is 0 Å². The third kappa shape index (κ3) is 3.01. The third-order valence-corrected chi connectivity index (χ3v) is 6.83. The fourth-order valence-electron chi connectivity index (χ4n) is 2.73. The van der Waals surface area contributed by atoms with Crippen molar-refractivity contribution in [2.75, 3.05) is 4.72 Å². The van der Waals surface area contributed by atoms with Crippen molar-refractivity contribution >= 4 is 65.2 Å². The number of anilines is 1. The maximum atomic E-state index is 12.9. The molecular weight excluding hydrogens is 476 g/mol. The number of aryl methyl sites for hydroxylation is 1. The van der Waals surface area contributed by atoms with Gasteiger partial charge in [-0.2, -0.15) is 0 Å². The molecule has 0 bridgehead atoms. The van der Waals surface area contributed by atoms with Crippen LogP contribution < -0.4 is 16.0 Å². The predicted molar refractivity (Wildman–Crippen MR) is 107 cm³/mol. The van der Waals surface area contributed by atoms with Crippen LogP contribution in [0.25, 0.3) is 22.0 Å². The van der Waals surface area contributed by atoms with Gasteiger partial charge in [-0.1, -0.05) is 11.6 Å². The third-order valence-electron chi connectivity index (χ3n) is 4.00. The van der Waals surface area contributed by atoms with Crippen molar-refractivity contribution in [1.82, 2.24) is 14.5 Å². The van der Waals surface area contributed by atoms with Crippen LogP contribution in [0, 0.1) is 0 Å². The quantitative estimate of drug-likeness (QED) is 0.459. The molecule has 0 spiro atoms. The summed E-state index contributed by atoms with van der Waals surface area (Å²) in [5.74, 6) is -0.756. The van der Waals surface area contributed by atoms with Crippen molar-refractivity contribution in [1.29, 1.82) is 0 Å². The molecule has 0 amide bonds. The number of aromatic nitrogens is 3. The van der Waals surface area contributed by atoms with E-state index in [1.54, 1.807) is 7.05 Å². The molecule has 0 aliphatic carbocycles. The summed E-state index contributed by atoms with van der Waals surface area (Å²) >= 11 is 9.35. The lowest BCUT2D eigenvalue weighted by Gasteiger charge is -2.12. The molecular formula is C16H10BrClN4O5S. The topological polar surface area (TPSA) is 127 Å². The Morgan fingerprint density at radius 3 is 2.79 bits per heavy atom. The first-order chi connectivity index (χ1) is 13.2. The number of sulfonamides is 1. The van der Waals surface area contributed by atoms with Crippen LogP contribution in [0.2, 0.25) is 5.02 Å². The molecule has 0 atom stereocenters. The summed E-state index contributed by atoms with van der Waals surface area (Å²) in [5.41, 5.74) is 0.455. The molecule has 9 nitrogen and oxygen atoms in total. The van der Waals surface area contributed by atoms with E-state index in [-0.39, 0.29) is 36.7 Å². The Hall–Kier alpha value is -2.63. The van der Waals surface area contributed by atoms with Gasteiger partial charge in [0.25, 0.3) is 15.6 Å². The van der Waals surface area contributed by atoms with Gasteiger partial charge >= 0.3 is 5.76 Å². The number of hydrogen-bond donors (Lipinski definition) is 2. The summed E-state index contributed by atoms with van der Waals surface area (Å²) in [7, 11) is -2.59. The minimum absolute atomic E-state index is 0.0704. The maximum absolute atomic E-state index is 12.9. The summed E-state index contributed by atoms with van der Waals surface area (Å²) < 4.78 is 34.6. The highest BCUT2D eigenvalue weighted by Gasteiger charge is 2.26. The summed E-state index contributed by atoms with van der Waals surface area (Å²) in [6, 6.07) is 5.74. The van der Waals surface area contributed by atoms with E-state index in [0.717, 1.165) is 0 Å². The van der Waals surface area contributed by atoms with Crippen molar-refractivity contribution in [2.24, 2.45) is 7.05 Å². The number of hydrogen-bond acceptors (Lipinski definition) is 6. The second kappa shape index (κ2) is 6.47. The van der Waals surface area contributed by atoms with E-state index in [1.165, 1.54) is 35.2 Å². The fourth-order valence-corrected chi connectivity index (χ4v) is 5.64. The van der Waals surface area contributed by atoms with Gasteiger partial charge in [-0.3, -0.25) is 14.5 Å². The molecule has 0 saturated heterocycles. The highest BCUT2D eigenvalue weighted by atomic mass is 79.9. The molecule has 2 heterocycles. The van der Waals surface area contributed by atoms with Crippen LogP contribution in [0.4, 0.5) is 5.69 Å². The van der Waals surface area contributed by atoms with Crippen molar-refractivity contribution in [3.8, 4) is 0 Å². The molecule has 0 unspecified atom stereocenters. The molecule has 4 rings (SSSR count). The Bertz CT molecular complexity index is 1490. The number of oxazole rings is 1. The van der Waals surface area contributed by atoms with Gasteiger partial charge < -0.3 is 8.98 Å².